The molecule has 0 amide bonds. The van der Waals surface area contributed by atoms with Crippen molar-refractivity contribution >= 4 is 21.9 Å². The number of hydrogen-bond donors (Lipinski definition) is 0. The molecule has 0 aliphatic carbocycles. The van der Waals surface area contributed by atoms with Crippen molar-refractivity contribution in [2.24, 2.45) is 0 Å². The van der Waals surface area contributed by atoms with Crippen LogP contribution in [0, 0.1) is 11.3 Å². The quantitative estimate of drug-likeness (QED) is 0.163. The van der Waals surface area contributed by atoms with Crippen LogP contribution in [0.5, 0.6) is 0 Å². The maximum absolute atomic E-state index is 9.90. The predicted octanol–water partition coefficient (Wildman–Crippen LogP) is 13.3. The first-order valence-electron chi connectivity index (χ1n) is 18.8. The highest BCUT2D eigenvalue weighted by atomic mass is 16.3. The van der Waals surface area contributed by atoms with Crippen LogP contribution in [0.1, 0.15) is 5.56 Å². The highest BCUT2D eigenvalue weighted by Gasteiger charge is 2.18. The molecule has 0 spiro atoms. The standard InChI is InChI=1S/C52H32N4O/c53-33-40-20-10-11-23-44(40)37-21-12-22-38(28-37)50-54-51(39-26-27-46-48(32-39)57-47-25-13-24-45(49(46)47)36-18-8-3-9-19-36)56-52(55-50)43-30-41(34-14-4-1-5-15-34)29-42(31-43)35-16-6-2-7-17-35/h1-32H. The summed E-state index contributed by atoms with van der Waals surface area (Å²) in [4.78, 5) is 15.5. The molecule has 0 fully saturated rings. The minimum absolute atomic E-state index is 0.522. The zero-order valence-corrected chi connectivity index (χ0v) is 30.7. The van der Waals surface area contributed by atoms with Gasteiger partial charge in [0.15, 0.2) is 17.5 Å². The Balaban J connectivity index is 1.18. The van der Waals surface area contributed by atoms with E-state index in [1.165, 1.54) is 0 Å². The molecule has 0 unspecified atom stereocenters. The van der Waals surface area contributed by atoms with Crippen LogP contribution >= 0.6 is 0 Å². The average Bonchev–Trinajstić information content (AvgIpc) is 3.68. The number of aromatic nitrogens is 3. The van der Waals surface area contributed by atoms with Gasteiger partial charge < -0.3 is 4.42 Å². The number of fused-ring (bicyclic) bond motifs is 3. The molecule has 5 nitrogen and oxygen atoms in total. The molecular weight excluding hydrogens is 697 g/mol. The maximum Gasteiger partial charge on any atom is 0.164 e. The molecule has 10 aromatic rings. The molecule has 0 saturated carbocycles. The molecule has 0 aliphatic heterocycles. The third-order valence-corrected chi connectivity index (χ3v) is 10.4. The van der Waals surface area contributed by atoms with E-state index in [4.69, 9.17) is 19.4 Å². The Kier molecular flexibility index (Phi) is 8.48. The van der Waals surface area contributed by atoms with E-state index in [2.05, 4.69) is 115 Å². The Morgan fingerprint density at radius 2 is 0.842 bits per heavy atom. The summed E-state index contributed by atoms with van der Waals surface area (Å²) in [6, 6.07) is 68.1. The fourth-order valence-electron chi connectivity index (χ4n) is 7.60. The van der Waals surface area contributed by atoms with E-state index < -0.39 is 0 Å². The molecule has 10 rings (SSSR count). The van der Waals surface area contributed by atoms with Crippen molar-refractivity contribution in [1.29, 1.82) is 5.26 Å². The van der Waals surface area contributed by atoms with Crippen LogP contribution in [0.4, 0.5) is 0 Å². The van der Waals surface area contributed by atoms with Crippen molar-refractivity contribution in [2.75, 3.05) is 0 Å². The van der Waals surface area contributed by atoms with Crippen LogP contribution in [0.3, 0.4) is 0 Å². The molecule has 0 atom stereocenters. The monoisotopic (exact) mass is 728 g/mol. The van der Waals surface area contributed by atoms with Crippen LogP contribution < -0.4 is 0 Å². The van der Waals surface area contributed by atoms with E-state index in [0.717, 1.165) is 83.1 Å². The van der Waals surface area contributed by atoms with E-state index >= 15 is 0 Å². The second kappa shape index (κ2) is 14.4. The molecule has 2 aromatic heterocycles. The summed E-state index contributed by atoms with van der Waals surface area (Å²) < 4.78 is 6.52. The lowest BCUT2D eigenvalue weighted by Gasteiger charge is -2.13. The van der Waals surface area contributed by atoms with Gasteiger partial charge in [0.05, 0.1) is 11.6 Å². The van der Waals surface area contributed by atoms with Crippen molar-refractivity contribution in [1.82, 2.24) is 15.0 Å². The van der Waals surface area contributed by atoms with Gasteiger partial charge in [-0.05, 0) is 93.0 Å². The molecule has 5 heteroatoms. The minimum Gasteiger partial charge on any atom is -0.456 e. The van der Waals surface area contributed by atoms with Gasteiger partial charge in [0.1, 0.15) is 11.2 Å². The number of furan rings is 1. The fraction of sp³-hybridized carbons (Fsp3) is 0. The third-order valence-electron chi connectivity index (χ3n) is 10.4. The van der Waals surface area contributed by atoms with E-state index in [0.29, 0.717) is 23.0 Å². The Morgan fingerprint density at radius 1 is 0.351 bits per heavy atom. The van der Waals surface area contributed by atoms with Gasteiger partial charge in [-0.25, -0.2) is 15.0 Å². The summed E-state index contributed by atoms with van der Waals surface area (Å²) in [5.74, 6) is 1.59. The van der Waals surface area contributed by atoms with Crippen LogP contribution in [-0.4, -0.2) is 15.0 Å². The largest absolute Gasteiger partial charge is 0.456 e. The molecule has 0 saturated heterocycles. The van der Waals surface area contributed by atoms with E-state index in [1.807, 2.05) is 84.9 Å². The van der Waals surface area contributed by atoms with Crippen LogP contribution in [0.2, 0.25) is 0 Å². The fourth-order valence-corrected chi connectivity index (χ4v) is 7.60. The van der Waals surface area contributed by atoms with Gasteiger partial charge in [0, 0.05) is 27.5 Å². The number of nitrogens with zero attached hydrogens (tertiary/aromatic N) is 4. The van der Waals surface area contributed by atoms with Crippen LogP contribution in [-0.2, 0) is 0 Å². The number of rotatable bonds is 7. The summed E-state index contributed by atoms with van der Waals surface area (Å²) in [7, 11) is 0. The molecule has 0 aliphatic rings. The van der Waals surface area contributed by atoms with Gasteiger partial charge in [-0.3, -0.25) is 0 Å². The molecular formula is C52H32N4O. The lowest BCUT2D eigenvalue weighted by Crippen LogP contribution is -2.01. The molecule has 0 N–H and O–H groups in total. The van der Waals surface area contributed by atoms with Crippen molar-refractivity contribution < 1.29 is 4.42 Å². The van der Waals surface area contributed by atoms with Gasteiger partial charge >= 0.3 is 0 Å². The molecule has 2 heterocycles. The molecule has 0 radical (unpaired) electrons. The van der Waals surface area contributed by atoms with Crippen molar-refractivity contribution in [2.45, 2.75) is 0 Å². The highest BCUT2D eigenvalue weighted by Crippen LogP contribution is 2.39. The van der Waals surface area contributed by atoms with Crippen molar-refractivity contribution in [3.8, 4) is 84.7 Å². The first-order chi connectivity index (χ1) is 28.2. The van der Waals surface area contributed by atoms with Crippen LogP contribution in [0.15, 0.2) is 199 Å². The second-order valence-electron chi connectivity index (χ2n) is 13.9. The van der Waals surface area contributed by atoms with E-state index in [-0.39, 0.29) is 0 Å². The van der Waals surface area contributed by atoms with Gasteiger partial charge in [-0.15, -0.1) is 0 Å². The SMILES string of the molecule is N#Cc1ccccc1-c1cccc(-c2nc(-c3cc(-c4ccccc4)cc(-c4ccccc4)c3)nc(-c3ccc4c(c3)oc3cccc(-c5ccccc5)c34)n2)c1. The Morgan fingerprint density at radius 3 is 1.51 bits per heavy atom. The zero-order valence-electron chi connectivity index (χ0n) is 30.7. The normalized spacial score (nSPS) is 11.1. The molecule has 8 aromatic carbocycles. The third kappa shape index (κ3) is 6.42. The predicted molar refractivity (Wildman–Crippen MR) is 230 cm³/mol. The summed E-state index contributed by atoms with van der Waals surface area (Å²) in [5, 5.41) is 12.0. The summed E-state index contributed by atoms with van der Waals surface area (Å²) in [6.45, 7) is 0. The average molecular weight is 729 g/mol. The first-order valence-corrected chi connectivity index (χ1v) is 18.8. The van der Waals surface area contributed by atoms with Gasteiger partial charge in [0.2, 0.25) is 0 Å². The van der Waals surface area contributed by atoms with Crippen LogP contribution in [0.25, 0.3) is 101 Å². The molecule has 266 valence electrons. The maximum atomic E-state index is 9.90. The first kappa shape index (κ1) is 33.6. The Bertz CT molecular complexity index is 3070. The summed E-state index contributed by atoms with van der Waals surface area (Å²) in [6.07, 6.45) is 0. The Hall–Kier alpha value is -7.94. The van der Waals surface area contributed by atoms with Gasteiger partial charge in [0.25, 0.3) is 0 Å². The topological polar surface area (TPSA) is 75.6 Å². The van der Waals surface area contributed by atoms with Crippen molar-refractivity contribution in [3.05, 3.63) is 200 Å². The highest BCUT2D eigenvalue weighted by molar-refractivity contribution is 6.13. The molecule has 0 bridgehead atoms. The van der Waals surface area contributed by atoms with E-state index in [9.17, 15) is 5.26 Å². The zero-order chi connectivity index (χ0) is 38.1. The number of hydrogen-bond acceptors (Lipinski definition) is 5. The number of benzene rings is 8. The van der Waals surface area contributed by atoms with Gasteiger partial charge in [-0.1, -0.05) is 146 Å². The number of nitriles is 1. The Labute approximate surface area is 329 Å². The van der Waals surface area contributed by atoms with Gasteiger partial charge in [-0.2, -0.15) is 5.26 Å². The smallest absolute Gasteiger partial charge is 0.164 e. The minimum atomic E-state index is 0.522. The van der Waals surface area contributed by atoms with Crippen molar-refractivity contribution in [3.63, 3.8) is 0 Å². The summed E-state index contributed by atoms with van der Waals surface area (Å²) in [5.41, 5.74) is 13.0. The summed E-state index contributed by atoms with van der Waals surface area (Å²) >= 11 is 0. The molecule has 57 heavy (non-hydrogen) atoms. The lowest BCUT2D eigenvalue weighted by atomic mass is 9.95. The lowest BCUT2D eigenvalue weighted by molar-refractivity contribution is 0.669. The van der Waals surface area contributed by atoms with E-state index in [1.54, 1.807) is 0 Å². The second-order valence-corrected chi connectivity index (χ2v) is 13.9.